The molecule has 2 aromatic heterocycles. The first-order valence-corrected chi connectivity index (χ1v) is 9.99. The average Bonchev–Trinajstić information content (AvgIpc) is 3.16. The van der Waals surface area contributed by atoms with Crippen LogP contribution in [0.5, 0.6) is 0 Å². The van der Waals surface area contributed by atoms with Crippen LogP contribution in [0, 0.1) is 0 Å². The Bertz CT molecular complexity index is 899. The number of carbonyl (C=O) groups excluding carboxylic acids is 1. The highest BCUT2D eigenvalue weighted by Crippen LogP contribution is 2.17. The monoisotopic (exact) mass is 377 g/mol. The van der Waals surface area contributed by atoms with E-state index in [2.05, 4.69) is 43.3 Å². The van der Waals surface area contributed by atoms with Crippen LogP contribution in [-0.4, -0.2) is 60.0 Å². The number of aromatic amines is 1. The number of amides is 1. The Morgan fingerprint density at radius 1 is 1.07 bits per heavy atom. The maximum absolute atomic E-state index is 12.2. The molecule has 0 spiro atoms. The molecule has 3 aromatic rings. The summed E-state index contributed by atoms with van der Waals surface area (Å²) in [6, 6.07) is 14.3. The number of piperazine rings is 1. The Balaban J connectivity index is 1.15. The van der Waals surface area contributed by atoms with Gasteiger partial charge in [-0.15, -0.1) is 0 Å². The first-order valence-electron chi connectivity index (χ1n) is 9.99. The lowest BCUT2D eigenvalue weighted by atomic mass is 10.1. The summed E-state index contributed by atoms with van der Waals surface area (Å²) >= 11 is 0. The first kappa shape index (κ1) is 18.5. The Kier molecular flexibility index (Phi) is 5.87. The van der Waals surface area contributed by atoms with Gasteiger partial charge in [-0.2, -0.15) is 0 Å². The van der Waals surface area contributed by atoms with Crippen LogP contribution in [0.1, 0.15) is 12.0 Å². The zero-order valence-electron chi connectivity index (χ0n) is 16.1. The van der Waals surface area contributed by atoms with E-state index in [1.165, 1.54) is 10.9 Å². The molecule has 4 rings (SSSR count). The minimum atomic E-state index is 0.131. The minimum absolute atomic E-state index is 0.131. The first-order chi connectivity index (χ1) is 13.8. The molecule has 6 heteroatoms. The summed E-state index contributed by atoms with van der Waals surface area (Å²) < 4.78 is 0. The van der Waals surface area contributed by atoms with Crippen molar-refractivity contribution in [3.05, 3.63) is 60.4 Å². The zero-order chi connectivity index (χ0) is 19.2. The van der Waals surface area contributed by atoms with Crippen molar-refractivity contribution in [1.29, 1.82) is 0 Å². The molecule has 3 heterocycles. The molecule has 6 nitrogen and oxygen atoms in total. The third kappa shape index (κ3) is 4.51. The van der Waals surface area contributed by atoms with E-state index < -0.39 is 0 Å². The fourth-order valence-electron chi connectivity index (χ4n) is 3.76. The molecule has 1 aliphatic rings. The van der Waals surface area contributed by atoms with Crippen LogP contribution in [-0.2, 0) is 11.2 Å². The Morgan fingerprint density at radius 2 is 1.89 bits per heavy atom. The van der Waals surface area contributed by atoms with Gasteiger partial charge in [0.2, 0.25) is 5.91 Å². The second kappa shape index (κ2) is 8.89. The maximum atomic E-state index is 12.2. The SMILES string of the molecule is O=C(CCN1CCN(c2ccccn2)CC1)NCCc1c[nH]c2ccccc12. The van der Waals surface area contributed by atoms with Crippen LogP contribution in [0.25, 0.3) is 10.9 Å². The molecule has 0 bridgehead atoms. The second-order valence-corrected chi connectivity index (χ2v) is 7.23. The van der Waals surface area contributed by atoms with Gasteiger partial charge in [0, 0.05) is 69.0 Å². The summed E-state index contributed by atoms with van der Waals surface area (Å²) in [7, 11) is 0. The van der Waals surface area contributed by atoms with E-state index in [4.69, 9.17) is 0 Å². The summed E-state index contributed by atoms with van der Waals surface area (Å²) in [6.07, 6.45) is 5.27. The number of benzene rings is 1. The van der Waals surface area contributed by atoms with Gasteiger partial charge in [-0.3, -0.25) is 9.69 Å². The van der Waals surface area contributed by atoms with Crippen LogP contribution in [0.2, 0.25) is 0 Å². The van der Waals surface area contributed by atoms with Crippen LogP contribution in [0.4, 0.5) is 5.82 Å². The largest absolute Gasteiger partial charge is 0.361 e. The van der Waals surface area contributed by atoms with Crippen molar-refractivity contribution >= 4 is 22.6 Å². The number of H-pyrrole nitrogens is 1. The van der Waals surface area contributed by atoms with Crippen molar-refractivity contribution in [2.24, 2.45) is 0 Å². The lowest BCUT2D eigenvalue weighted by Crippen LogP contribution is -2.47. The summed E-state index contributed by atoms with van der Waals surface area (Å²) in [5.74, 6) is 1.17. The van der Waals surface area contributed by atoms with E-state index in [9.17, 15) is 4.79 Å². The second-order valence-electron chi connectivity index (χ2n) is 7.23. The van der Waals surface area contributed by atoms with E-state index in [0.717, 1.165) is 50.5 Å². The number of anilines is 1. The zero-order valence-corrected chi connectivity index (χ0v) is 16.1. The van der Waals surface area contributed by atoms with Gasteiger partial charge in [0.1, 0.15) is 5.82 Å². The number of hydrogen-bond donors (Lipinski definition) is 2. The summed E-state index contributed by atoms with van der Waals surface area (Å²) in [5.41, 5.74) is 2.40. The summed E-state index contributed by atoms with van der Waals surface area (Å²) in [6.45, 7) is 5.35. The number of fused-ring (bicyclic) bond motifs is 1. The highest BCUT2D eigenvalue weighted by Gasteiger charge is 2.18. The van der Waals surface area contributed by atoms with Gasteiger partial charge in [0.25, 0.3) is 0 Å². The van der Waals surface area contributed by atoms with E-state index in [0.29, 0.717) is 13.0 Å². The molecular formula is C22H27N5O. The number of para-hydroxylation sites is 1. The van der Waals surface area contributed by atoms with Gasteiger partial charge in [-0.05, 0) is 30.2 Å². The molecule has 1 aliphatic heterocycles. The molecule has 0 saturated carbocycles. The highest BCUT2D eigenvalue weighted by molar-refractivity contribution is 5.83. The van der Waals surface area contributed by atoms with Crippen molar-refractivity contribution in [2.75, 3.05) is 44.2 Å². The maximum Gasteiger partial charge on any atom is 0.221 e. The van der Waals surface area contributed by atoms with Gasteiger partial charge >= 0.3 is 0 Å². The number of nitrogens with one attached hydrogen (secondary N) is 2. The lowest BCUT2D eigenvalue weighted by Gasteiger charge is -2.35. The van der Waals surface area contributed by atoms with Crippen LogP contribution >= 0.6 is 0 Å². The van der Waals surface area contributed by atoms with E-state index >= 15 is 0 Å². The number of aromatic nitrogens is 2. The van der Waals surface area contributed by atoms with Crippen LogP contribution in [0.3, 0.4) is 0 Å². The predicted octanol–water partition coefficient (Wildman–Crippen LogP) is 2.43. The van der Waals surface area contributed by atoms with Gasteiger partial charge in [-0.1, -0.05) is 24.3 Å². The lowest BCUT2D eigenvalue weighted by molar-refractivity contribution is -0.121. The normalized spacial score (nSPS) is 15.1. The van der Waals surface area contributed by atoms with Gasteiger partial charge in [-0.25, -0.2) is 4.98 Å². The van der Waals surface area contributed by atoms with Crippen molar-refractivity contribution in [2.45, 2.75) is 12.8 Å². The standard InChI is InChI=1S/C22H27N5O/c28-22(24-11-8-18-17-25-20-6-2-1-5-19(18)20)9-12-26-13-15-27(16-14-26)21-7-3-4-10-23-21/h1-7,10,17,25H,8-9,11-16H2,(H,24,28). The smallest absolute Gasteiger partial charge is 0.221 e. The summed E-state index contributed by atoms with van der Waals surface area (Å²) in [5, 5.41) is 4.30. The number of hydrogen-bond acceptors (Lipinski definition) is 4. The minimum Gasteiger partial charge on any atom is -0.361 e. The Labute approximate surface area is 165 Å². The van der Waals surface area contributed by atoms with E-state index in [1.54, 1.807) is 0 Å². The topological polar surface area (TPSA) is 64.3 Å². The number of carbonyl (C=O) groups is 1. The number of pyridine rings is 1. The quantitative estimate of drug-likeness (QED) is 0.664. The molecule has 28 heavy (non-hydrogen) atoms. The Morgan fingerprint density at radius 3 is 2.71 bits per heavy atom. The molecule has 2 N–H and O–H groups in total. The molecule has 0 atom stereocenters. The van der Waals surface area contributed by atoms with Gasteiger partial charge < -0.3 is 15.2 Å². The van der Waals surface area contributed by atoms with Crippen molar-refractivity contribution in [3.8, 4) is 0 Å². The van der Waals surface area contributed by atoms with Crippen LogP contribution in [0.15, 0.2) is 54.9 Å². The van der Waals surface area contributed by atoms with Crippen molar-refractivity contribution in [3.63, 3.8) is 0 Å². The number of nitrogens with zero attached hydrogens (tertiary/aromatic N) is 3. The molecule has 146 valence electrons. The van der Waals surface area contributed by atoms with Crippen molar-refractivity contribution in [1.82, 2.24) is 20.2 Å². The van der Waals surface area contributed by atoms with Gasteiger partial charge in [0.05, 0.1) is 0 Å². The third-order valence-electron chi connectivity index (χ3n) is 5.39. The molecule has 1 aromatic carbocycles. The predicted molar refractivity (Wildman–Crippen MR) is 113 cm³/mol. The van der Waals surface area contributed by atoms with Gasteiger partial charge in [0.15, 0.2) is 0 Å². The number of rotatable bonds is 7. The van der Waals surface area contributed by atoms with E-state index in [1.807, 2.05) is 36.7 Å². The third-order valence-corrected chi connectivity index (χ3v) is 5.39. The van der Waals surface area contributed by atoms with Crippen LogP contribution < -0.4 is 10.2 Å². The molecule has 1 fully saturated rings. The average molecular weight is 377 g/mol. The molecule has 1 saturated heterocycles. The fourth-order valence-corrected chi connectivity index (χ4v) is 3.76. The fraction of sp³-hybridized carbons (Fsp3) is 0.364. The molecule has 0 radical (unpaired) electrons. The molecule has 1 amide bonds. The van der Waals surface area contributed by atoms with E-state index in [-0.39, 0.29) is 5.91 Å². The molecule has 0 aliphatic carbocycles. The molecular weight excluding hydrogens is 350 g/mol. The summed E-state index contributed by atoms with van der Waals surface area (Å²) in [4.78, 5) is 24.6. The highest BCUT2D eigenvalue weighted by atomic mass is 16.1. The Hall–Kier alpha value is -2.86. The van der Waals surface area contributed by atoms with Crippen molar-refractivity contribution < 1.29 is 4.79 Å². The molecule has 0 unspecified atom stereocenters.